The standard InChI is InChI=1S/C12H21N3O/c1-2-11-9-10(4-8-16-11)13-5-3-12-14-6-7-15-12/h6-7,10-11,13H,2-5,8-9H2,1H3,(H,14,15). The normalized spacial score (nSPS) is 25.8. The maximum atomic E-state index is 5.65. The number of nitrogens with one attached hydrogen (secondary N) is 2. The molecule has 2 rings (SSSR count). The smallest absolute Gasteiger partial charge is 0.107 e. The van der Waals surface area contributed by atoms with E-state index < -0.39 is 0 Å². The maximum absolute atomic E-state index is 5.65. The fraction of sp³-hybridized carbons (Fsp3) is 0.750. The van der Waals surface area contributed by atoms with E-state index in [1.54, 1.807) is 6.20 Å². The predicted octanol–water partition coefficient (Wildman–Crippen LogP) is 1.50. The van der Waals surface area contributed by atoms with Gasteiger partial charge in [0.2, 0.25) is 0 Å². The number of H-pyrrole nitrogens is 1. The van der Waals surface area contributed by atoms with Crippen LogP contribution in [0.1, 0.15) is 32.0 Å². The van der Waals surface area contributed by atoms with Crippen LogP contribution >= 0.6 is 0 Å². The van der Waals surface area contributed by atoms with Crippen molar-refractivity contribution in [3.63, 3.8) is 0 Å². The number of nitrogens with zero attached hydrogens (tertiary/aromatic N) is 1. The first-order valence-corrected chi connectivity index (χ1v) is 6.21. The van der Waals surface area contributed by atoms with Crippen LogP contribution in [-0.2, 0) is 11.2 Å². The molecule has 0 saturated carbocycles. The molecule has 1 aromatic heterocycles. The van der Waals surface area contributed by atoms with Crippen LogP contribution in [0.15, 0.2) is 12.4 Å². The van der Waals surface area contributed by atoms with E-state index in [-0.39, 0.29) is 0 Å². The highest BCUT2D eigenvalue weighted by Crippen LogP contribution is 2.15. The molecule has 1 aliphatic heterocycles. The first-order valence-electron chi connectivity index (χ1n) is 6.21. The molecule has 0 aliphatic carbocycles. The molecule has 1 aromatic rings. The molecule has 4 nitrogen and oxygen atoms in total. The van der Waals surface area contributed by atoms with Gasteiger partial charge in [-0.3, -0.25) is 0 Å². The number of imidazole rings is 1. The van der Waals surface area contributed by atoms with E-state index in [9.17, 15) is 0 Å². The summed E-state index contributed by atoms with van der Waals surface area (Å²) in [5, 5.41) is 3.58. The molecule has 2 N–H and O–H groups in total. The molecular weight excluding hydrogens is 202 g/mol. The Morgan fingerprint density at radius 3 is 3.31 bits per heavy atom. The summed E-state index contributed by atoms with van der Waals surface area (Å²) in [5.41, 5.74) is 0. The van der Waals surface area contributed by atoms with Gasteiger partial charge in [-0.1, -0.05) is 6.92 Å². The number of rotatable bonds is 5. The van der Waals surface area contributed by atoms with Crippen molar-refractivity contribution in [1.29, 1.82) is 0 Å². The van der Waals surface area contributed by atoms with E-state index in [0.717, 1.165) is 44.7 Å². The van der Waals surface area contributed by atoms with Crippen LogP contribution in [-0.4, -0.2) is 35.3 Å². The molecule has 4 heteroatoms. The van der Waals surface area contributed by atoms with Gasteiger partial charge in [-0.25, -0.2) is 4.98 Å². The van der Waals surface area contributed by atoms with Crippen LogP contribution < -0.4 is 5.32 Å². The fourth-order valence-corrected chi connectivity index (χ4v) is 2.18. The van der Waals surface area contributed by atoms with Gasteiger partial charge in [0.1, 0.15) is 5.82 Å². The molecule has 0 bridgehead atoms. The highest BCUT2D eigenvalue weighted by Gasteiger charge is 2.20. The molecule has 1 saturated heterocycles. The average molecular weight is 223 g/mol. The van der Waals surface area contributed by atoms with Crippen LogP contribution in [0.5, 0.6) is 0 Å². The molecule has 2 heterocycles. The topological polar surface area (TPSA) is 49.9 Å². The summed E-state index contributed by atoms with van der Waals surface area (Å²) in [6, 6.07) is 0.619. The van der Waals surface area contributed by atoms with Crippen molar-refractivity contribution in [3.8, 4) is 0 Å². The number of aromatic amines is 1. The summed E-state index contributed by atoms with van der Waals surface area (Å²) in [7, 11) is 0. The minimum absolute atomic E-state index is 0.454. The Hall–Kier alpha value is -0.870. The Bertz CT molecular complexity index is 286. The maximum Gasteiger partial charge on any atom is 0.107 e. The molecule has 1 aliphatic rings. The van der Waals surface area contributed by atoms with Gasteiger partial charge in [0.05, 0.1) is 6.10 Å². The van der Waals surface area contributed by atoms with Crippen LogP contribution in [0.4, 0.5) is 0 Å². The summed E-state index contributed by atoms with van der Waals surface area (Å²) in [5.74, 6) is 1.06. The summed E-state index contributed by atoms with van der Waals surface area (Å²) in [6.45, 7) is 4.08. The van der Waals surface area contributed by atoms with Crippen molar-refractivity contribution in [3.05, 3.63) is 18.2 Å². The van der Waals surface area contributed by atoms with E-state index in [1.807, 2.05) is 6.20 Å². The first kappa shape index (κ1) is 11.6. The minimum Gasteiger partial charge on any atom is -0.378 e. The van der Waals surface area contributed by atoms with E-state index in [1.165, 1.54) is 0 Å². The molecule has 90 valence electrons. The van der Waals surface area contributed by atoms with Gasteiger partial charge in [-0.15, -0.1) is 0 Å². The Kier molecular flexibility index (Phi) is 4.36. The van der Waals surface area contributed by atoms with E-state index >= 15 is 0 Å². The van der Waals surface area contributed by atoms with E-state index in [2.05, 4.69) is 22.2 Å². The highest BCUT2D eigenvalue weighted by molar-refractivity contribution is 4.88. The lowest BCUT2D eigenvalue weighted by molar-refractivity contribution is 0.000101. The number of hydrogen-bond donors (Lipinski definition) is 2. The quantitative estimate of drug-likeness (QED) is 0.795. The van der Waals surface area contributed by atoms with Gasteiger partial charge in [0, 0.05) is 38.0 Å². The second-order valence-corrected chi connectivity index (χ2v) is 4.36. The van der Waals surface area contributed by atoms with E-state index in [4.69, 9.17) is 4.74 Å². The van der Waals surface area contributed by atoms with Crippen molar-refractivity contribution < 1.29 is 4.74 Å². The zero-order valence-electron chi connectivity index (χ0n) is 9.91. The SMILES string of the molecule is CCC1CC(NCCc2ncc[nH]2)CCO1. The summed E-state index contributed by atoms with van der Waals surface area (Å²) in [4.78, 5) is 7.33. The van der Waals surface area contributed by atoms with Gasteiger partial charge in [0.15, 0.2) is 0 Å². The Morgan fingerprint density at radius 2 is 2.56 bits per heavy atom. The van der Waals surface area contributed by atoms with Gasteiger partial charge in [0.25, 0.3) is 0 Å². The zero-order valence-corrected chi connectivity index (χ0v) is 9.91. The molecule has 0 spiro atoms. The molecule has 2 atom stereocenters. The van der Waals surface area contributed by atoms with Crippen LogP contribution in [0.2, 0.25) is 0 Å². The van der Waals surface area contributed by atoms with Gasteiger partial charge in [-0.2, -0.15) is 0 Å². The summed E-state index contributed by atoms with van der Waals surface area (Å²) in [6.07, 6.45) is 8.50. The molecule has 16 heavy (non-hydrogen) atoms. The highest BCUT2D eigenvalue weighted by atomic mass is 16.5. The number of hydrogen-bond acceptors (Lipinski definition) is 3. The third kappa shape index (κ3) is 3.32. The van der Waals surface area contributed by atoms with Gasteiger partial charge in [-0.05, 0) is 19.3 Å². The molecule has 1 fully saturated rings. The fourth-order valence-electron chi connectivity index (χ4n) is 2.18. The van der Waals surface area contributed by atoms with E-state index in [0.29, 0.717) is 12.1 Å². The summed E-state index contributed by atoms with van der Waals surface area (Å²) < 4.78 is 5.65. The zero-order chi connectivity index (χ0) is 11.2. The van der Waals surface area contributed by atoms with Crippen LogP contribution in [0.3, 0.4) is 0 Å². The van der Waals surface area contributed by atoms with Crippen LogP contribution in [0, 0.1) is 0 Å². The predicted molar refractivity (Wildman–Crippen MR) is 63.3 cm³/mol. The first-order chi connectivity index (χ1) is 7.88. The second-order valence-electron chi connectivity index (χ2n) is 4.36. The molecule has 0 radical (unpaired) electrons. The second kappa shape index (κ2) is 6.01. The lowest BCUT2D eigenvalue weighted by Gasteiger charge is -2.29. The monoisotopic (exact) mass is 223 g/mol. The average Bonchev–Trinajstić information content (AvgIpc) is 2.82. The third-order valence-electron chi connectivity index (χ3n) is 3.17. The molecule has 0 amide bonds. The van der Waals surface area contributed by atoms with Crippen molar-refractivity contribution in [2.45, 2.75) is 44.8 Å². The Balaban J connectivity index is 1.65. The van der Waals surface area contributed by atoms with Crippen LogP contribution in [0.25, 0.3) is 0 Å². The number of ether oxygens (including phenoxy) is 1. The Labute approximate surface area is 96.8 Å². The summed E-state index contributed by atoms with van der Waals surface area (Å²) >= 11 is 0. The Morgan fingerprint density at radius 1 is 1.62 bits per heavy atom. The third-order valence-corrected chi connectivity index (χ3v) is 3.17. The van der Waals surface area contributed by atoms with Gasteiger partial charge >= 0.3 is 0 Å². The largest absolute Gasteiger partial charge is 0.378 e. The molecule has 2 unspecified atom stereocenters. The van der Waals surface area contributed by atoms with Crippen molar-refractivity contribution >= 4 is 0 Å². The van der Waals surface area contributed by atoms with Crippen molar-refractivity contribution in [1.82, 2.24) is 15.3 Å². The molecule has 0 aromatic carbocycles. The number of aromatic nitrogens is 2. The lowest BCUT2D eigenvalue weighted by atomic mass is 10.0. The lowest BCUT2D eigenvalue weighted by Crippen LogP contribution is -2.39. The van der Waals surface area contributed by atoms with Crippen molar-refractivity contribution in [2.75, 3.05) is 13.2 Å². The molecular formula is C12H21N3O. The van der Waals surface area contributed by atoms with Crippen molar-refractivity contribution in [2.24, 2.45) is 0 Å². The minimum atomic E-state index is 0.454. The van der Waals surface area contributed by atoms with Gasteiger partial charge < -0.3 is 15.0 Å².